The van der Waals surface area contributed by atoms with Gasteiger partial charge in [0.2, 0.25) is 11.8 Å². The van der Waals surface area contributed by atoms with Crippen LogP contribution >= 0.6 is 15.9 Å². The number of carbonyl (C=O) groups is 2. The summed E-state index contributed by atoms with van der Waals surface area (Å²) in [6.07, 6.45) is 0.738. The highest BCUT2D eigenvalue weighted by atomic mass is 79.9. The van der Waals surface area contributed by atoms with Crippen molar-refractivity contribution in [2.75, 3.05) is 17.5 Å². The van der Waals surface area contributed by atoms with E-state index in [1.807, 2.05) is 51.1 Å². The molecule has 0 unspecified atom stereocenters. The number of carbonyl (C=O) groups excluding carboxylic acids is 2. The summed E-state index contributed by atoms with van der Waals surface area (Å²) in [5.41, 5.74) is 1.12. The minimum absolute atomic E-state index is 0.0366. The van der Waals surface area contributed by atoms with Crippen molar-refractivity contribution in [1.82, 2.24) is 10.2 Å². The van der Waals surface area contributed by atoms with E-state index in [2.05, 4.69) is 21.2 Å². The van der Waals surface area contributed by atoms with Crippen molar-refractivity contribution in [3.8, 4) is 5.75 Å². The minimum Gasteiger partial charge on any atom is -0.494 e. The lowest BCUT2D eigenvalue weighted by molar-refractivity contribution is -0.139. The second-order valence-electron chi connectivity index (χ2n) is 9.39. The van der Waals surface area contributed by atoms with Gasteiger partial charge in [-0.2, -0.15) is 0 Å². The lowest BCUT2D eigenvalue weighted by Gasteiger charge is -2.32. The van der Waals surface area contributed by atoms with E-state index in [1.165, 1.54) is 17.0 Å². The molecule has 0 spiro atoms. The zero-order chi connectivity index (χ0) is 29.3. The van der Waals surface area contributed by atoms with Crippen molar-refractivity contribution in [3.05, 3.63) is 88.9 Å². The predicted octanol–water partition coefficient (Wildman–Crippen LogP) is 5.38. The van der Waals surface area contributed by atoms with Crippen molar-refractivity contribution in [2.45, 2.75) is 57.6 Å². The molecule has 40 heavy (non-hydrogen) atoms. The standard InChI is InChI=1S/C30H36BrN3O5S/c1-5-22(3)32-30(36)23(4)33(20-24-10-8-7-9-11-24)29(35)21-34(26-14-16-27(17-15-26)39-6-2)40(37,38)28-18-12-25(31)13-19-28/h7-19,22-23H,5-6,20-21H2,1-4H3,(H,32,36)/t22-,23+/m1/s1. The fourth-order valence-corrected chi connectivity index (χ4v) is 5.64. The maximum Gasteiger partial charge on any atom is 0.264 e. The molecule has 2 atom stereocenters. The third kappa shape index (κ3) is 8.08. The molecule has 0 aliphatic heterocycles. The molecule has 0 aromatic heterocycles. The predicted molar refractivity (Wildman–Crippen MR) is 161 cm³/mol. The molecule has 0 bridgehead atoms. The molecule has 0 aliphatic rings. The number of anilines is 1. The van der Waals surface area contributed by atoms with Crippen molar-refractivity contribution in [1.29, 1.82) is 0 Å². The first-order valence-electron chi connectivity index (χ1n) is 13.2. The summed E-state index contributed by atoms with van der Waals surface area (Å²) in [5.74, 6) is -0.230. The maximum atomic E-state index is 13.9. The molecule has 214 valence electrons. The smallest absolute Gasteiger partial charge is 0.264 e. The van der Waals surface area contributed by atoms with Crippen LogP contribution in [0.3, 0.4) is 0 Å². The molecule has 0 heterocycles. The van der Waals surface area contributed by atoms with Gasteiger partial charge >= 0.3 is 0 Å². The maximum absolute atomic E-state index is 13.9. The molecular formula is C30H36BrN3O5S. The Morgan fingerprint density at radius 1 is 0.925 bits per heavy atom. The van der Waals surface area contributed by atoms with Crippen LogP contribution in [0, 0.1) is 0 Å². The van der Waals surface area contributed by atoms with Crippen LogP contribution in [0.5, 0.6) is 5.75 Å². The second kappa shape index (κ2) is 14.3. The first-order valence-corrected chi connectivity index (χ1v) is 15.4. The number of halogens is 1. The number of ether oxygens (including phenoxy) is 1. The Morgan fingerprint density at radius 2 is 1.55 bits per heavy atom. The zero-order valence-electron chi connectivity index (χ0n) is 23.2. The molecule has 0 fully saturated rings. The molecule has 0 radical (unpaired) electrons. The molecule has 3 aromatic rings. The van der Waals surface area contributed by atoms with Gasteiger partial charge in [0.05, 0.1) is 17.2 Å². The first-order chi connectivity index (χ1) is 19.1. The monoisotopic (exact) mass is 629 g/mol. The van der Waals surface area contributed by atoms with E-state index >= 15 is 0 Å². The summed E-state index contributed by atoms with van der Waals surface area (Å²) in [7, 11) is -4.14. The normalized spacial score (nSPS) is 12.7. The van der Waals surface area contributed by atoms with Gasteiger partial charge in [0.15, 0.2) is 0 Å². The SMILES string of the molecule is CCOc1ccc(N(CC(=O)N(Cc2ccccc2)[C@@H](C)C(=O)N[C@H](C)CC)S(=O)(=O)c2ccc(Br)cc2)cc1. The van der Waals surface area contributed by atoms with Gasteiger partial charge in [-0.3, -0.25) is 13.9 Å². The molecule has 1 N–H and O–H groups in total. The Hall–Kier alpha value is -3.37. The lowest BCUT2D eigenvalue weighted by Crippen LogP contribution is -2.52. The van der Waals surface area contributed by atoms with Gasteiger partial charge in [-0.25, -0.2) is 8.42 Å². The van der Waals surface area contributed by atoms with Gasteiger partial charge < -0.3 is 15.0 Å². The van der Waals surface area contributed by atoms with Crippen molar-refractivity contribution in [2.24, 2.45) is 0 Å². The van der Waals surface area contributed by atoms with Gasteiger partial charge in [-0.1, -0.05) is 53.2 Å². The molecule has 2 amide bonds. The van der Waals surface area contributed by atoms with Gasteiger partial charge in [0.25, 0.3) is 10.0 Å². The molecule has 0 saturated heterocycles. The van der Waals surface area contributed by atoms with Crippen LogP contribution in [0.2, 0.25) is 0 Å². The summed E-state index contributed by atoms with van der Waals surface area (Å²) in [5, 5.41) is 2.93. The van der Waals surface area contributed by atoms with Crippen LogP contribution in [0.1, 0.15) is 39.7 Å². The fraction of sp³-hybridized carbons (Fsp3) is 0.333. The average Bonchev–Trinajstić information content (AvgIpc) is 2.95. The quantitative estimate of drug-likeness (QED) is 0.274. The third-order valence-electron chi connectivity index (χ3n) is 6.48. The zero-order valence-corrected chi connectivity index (χ0v) is 25.6. The molecule has 3 rings (SSSR count). The molecule has 0 saturated carbocycles. The summed E-state index contributed by atoms with van der Waals surface area (Å²) < 4.78 is 35.1. The number of nitrogens with one attached hydrogen (secondary N) is 1. The summed E-state index contributed by atoms with van der Waals surface area (Å²) in [6.45, 7) is 7.48. The van der Waals surface area contributed by atoms with Gasteiger partial charge in [-0.15, -0.1) is 0 Å². The van der Waals surface area contributed by atoms with Gasteiger partial charge in [-0.05, 0) is 81.3 Å². The largest absolute Gasteiger partial charge is 0.494 e. The highest BCUT2D eigenvalue weighted by Gasteiger charge is 2.32. The number of sulfonamides is 1. The van der Waals surface area contributed by atoms with Crippen LogP contribution in [0.15, 0.2) is 88.2 Å². The molecule has 8 nitrogen and oxygen atoms in total. The van der Waals surface area contributed by atoms with Crippen molar-refractivity contribution in [3.63, 3.8) is 0 Å². The topological polar surface area (TPSA) is 96.0 Å². The van der Waals surface area contributed by atoms with E-state index in [0.29, 0.717) is 18.0 Å². The van der Waals surface area contributed by atoms with E-state index < -0.39 is 28.5 Å². The van der Waals surface area contributed by atoms with Crippen molar-refractivity contribution < 1.29 is 22.7 Å². The number of amides is 2. The second-order valence-corrected chi connectivity index (χ2v) is 12.2. The van der Waals surface area contributed by atoms with Crippen LogP contribution in [-0.4, -0.2) is 50.4 Å². The Kier molecular flexibility index (Phi) is 11.2. The Balaban J connectivity index is 2.01. The molecule has 10 heteroatoms. The van der Waals surface area contributed by atoms with Gasteiger partial charge in [0.1, 0.15) is 18.3 Å². The highest BCUT2D eigenvalue weighted by molar-refractivity contribution is 9.10. The lowest BCUT2D eigenvalue weighted by atomic mass is 10.1. The minimum atomic E-state index is -4.14. The molecule has 3 aromatic carbocycles. The van der Waals surface area contributed by atoms with Crippen LogP contribution in [0.4, 0.5) is 5.69 Å². The Morgan fingerprint density at radius 3 is 2.12 bits per heavy atom. The van der Waals surface area contributed by atoms with E-state index in [0.717, 1.165) is 20.8 Å². The van der Waals surface area contributed by atoms with E-state index in [4.69, 9.17) is 4.74 Å². The van der Waals surface area contributed by atoms with E-state index in [9.17, 15) is 18.0 Å². The molecular weight excluding hydrogens is 594 g/mol. The van der Waals surface area contributed by atoms with E-state index in [-0.39, 0.29) is 23.4 Å². The summed E-state index contributed by atoms with van der Waals surface area (Å²) in [6, 6.07) is 21.2. The van der Waals surface area contributed by atoms with Crippen LogP contribution in [-0.2, 0) is 26.2 Å². The average molecular weight is 631 g/mol. The fourth-order valence-electron chi connectivity index (χ4n) is 3.97. The summed E-state index contributed by atoms with van der Waals surface area (Å²) in [4.78, 5) is 28.5. The number of hydrogen-bond donors (Lipinski definition) is 1. The first kappa shape index (κ1) is 31.2. The van der Waals surface area contributed by atoms with Gasteiger partial charge in [0, 0.05) is 17.1 Å². The Bertz CT molecular complexity index is 1370. The number of nitrogens with zero attached hydrogens (tertiary/aromatic N) is 2. The van der Waals surface area contributed by atoms with Crippen LogP contribution < -0.4 is 14.4 Å². The van der Waals surface area contributed by atoms with E-state index in [1.54, 1.807) is 43.3 Å². The highest BCUT2D eigenvalue weighted by Crippen LogP contribution is 2.27. The number of hydrogen-bond acceptors (Lipinski definition) is 5. The Labute approximate surface area is 245 Å². The summed E-state index contributed by atoms with van der Waals surface area (Å²) >= 11 is 3.34. The number of rotatable bonds is 13. The molecule has 0 aliphatic carbocycles. The van der Waals surface area contributed by atoms with Crippen LogP contribution in [0.25, 0.3) is 0 Å². The third-order valence-corrected chi connectivity index (χ3v) is 8.80. The van der Waals surface area contributed by atoms with Crippen molar-refractivity contribution >= 4 is 43.5 Å². The number of benzene rings is 3.